The van der Waals surface area contributed by atoms with Crippen molar-refractivity contribution in [3.63, 3.8) is 0 Å². The molecule has 0 saturated heterocycles. The molecule has 1 amide bonds. The highest BCUT2D eigenvalue weighted by Crippen LogP contribution is 2.22. The molecule has 0 aliphatic rings. The van der Waals surface area contributed by atoms with Gasteiger partial charge in [0, 0.05) is 29.2 Å². The lowest BCUT2D eigenvalue weighted by Crippen LogP contribution is -2.18. The summed E-state index contributed by atoms with van der Waals surface area (Å²) in [4.78, 5) is 17.0. The monoisotopic (exact) mass is 445 g/mol. The van der Waals surface area contributed by atoms with Crippen LogP contribution in [0.5, 0.6) is 0 Å². The number of pyridine rings is 1. The first-order valence-corrected chi connectivity index (χ1v) is 10.8. The maximum absolute atomic E-state index is 12.6. The Morgan fingerprint density at radius 1 is 0.824 bits per heavy atom. The van der Waals surface area contributed by atoms with Gasteiger partial charge in [0.1, 0.15) is 12.2 Å². The molecular formula is C26H19N7O. The summed E-state index contributed by atoms with van der Waals surface area (Å²) in [5.74, 6) is 0.497. The average molecular weight is 445 g/mol. The fourth-order valence-corrected chi connectivity index (χ4v) is 3.96. The van der Waals surface area contributed by atoms with Crippen LogP contribution in [0.25, 0.3) is 39.3 Å². The zero-order valence-corrected chi connectivity index (χ0v) is 18.0. The standard InChI is InChI=1S/C26H19N7O/c34-25(17-32-16-14-19-5-1-2-7-23(19)32)28-20-10-8-18(9-11-20)21-12-13-24-29-30-26(33(24)31-21)22-6-3-4-15-27-22/h1-16H,17H2,(H,28,34). The number of benzene rings is 2. The third kappa shape index (κ3) is 3.67. The van der Waals surface area contributed by atoms with Crippen LogP contribution in [0.15, 0.2) is 97.3 Å². The predicted octanol–water partition coefficient (Wildman–Crippen LogP) is 4.45. The van der Waals surface area contributed by atoms with Crippen molar-refractivity contribution in [2.45, 2.75) is 6.54 Å². The Bertz CT molecular complexity index is 1620. The van der Waals surface area contributed by atoms with Crippen molar-refractivity contribution in [2.24, 2.45) is 0 Å². The molecule has 0 fully saturated rings. The maximum Gasteiger partial charge on any atom is 0.244 e. The lowest BCUT2D eigenvalue weighted by molar-refractivity contribution is -0.116. The van der Waals surface area contributed by atoms with Crippen molar-refractivity contribution in [3.05, 3.63) is 97.3 Å². The van der Waals surface area contributed by atoms with Crippen LogP contribution in [0.1, 0.15) is 0 Å². The number of carbonyl (C=O) groups excluding carboxylic acids is 1. The van der Waals surface area contributed by atoms with Crippen LogP contribution < -0.4 is 5.32 Å². The number of hydrogen-bond acceptors (Lipinski definition) is 5. The summed E-state index contributed by atoms with van der Waals surface area (Å²) in [6, 6.07) is 27.0. The molecule has 4 aromatic heterocycles. The molecule has 0 radical (unpaired) electrons. The van der Waals surface area contributed by atoms with Crippen molar-refractivity contribution in [1.29, 1.82) is 0 Å². The zero-order chi connectivity index (χ0) is 22.9. The van der Waals surface area contributed by atoms with Crippen molar-refractivity contribution in [1.82, 2.24) is 29.4 Å². The van der Waals surface area contributed by atoms with Gasteiger partial charge in [0.25, 0.3) is 0 Å². The van der Waals surface area contributed by atoms with Gasteiger partial charge in [-0.25, -0.2) is 0 Å². The van der Waals surface area contributed by atoms with Crippen LogP contribution in [0, 0.1) is 0 Å². The second-order valence-corrected chi connectivity index (χ2v) is 7.86. The van der Waals surface area contributed by atoms with E-state index in [1.54, 1.807) is 10.7 Å². The minimum Gasteiger partial charge on any atom is -0.338 e. The number of fused-ring (bicyclic) bond motifs is 2. The van der Waals surface area contributed by atoms with Gasteiger partial charge in [-0.15, -0.1) is 10.2 Å². The van der Waals surface area contributed by atoms with E-state index >= 15 is 0 Å². The highest BCUT2D eigenvalue weighted by molar-refractivity contribution is 5.92. The number of anilines is 1. The van der Waals surface area contributed by atoms with Crippen molar-refractivity contribution < 1.29 is 4.79 Å². The Kier molecular flexibility index (Phi) is 4.81. The molecule has 2 aromatic carbocycles. The van der Waals surface area contributed by atoms with E-state index in [0.29, 0.717) is 17.2 Å². The Labute approximate surface area is 194 Å². The summed E-state index contributed by atoms with van der Waals surface area (Å²) in [6.07, 6.45) is 3.64. The molecule has 6 aromatic rings. The normalized spacial score (nSPS) is 11.2. The summed E-state index contributed by atoms with van der Waals surface area (Å²) in [5.41, 5.74) is 4.79. The molecule has 0 bridgehead atoms. The fraction of sp³-hybridized carbons (Fsp3) is 0.0385. The fourth-order valence-electron chi connectivity index (χ4n) is 3.96. The van der Waals surface area contributed by atoms with E-state index < -0.39 is 0 Å². The molecule has 8 nitrogen and oxygen atoms in total. The van der Waals surface area contributed by atoms with Gasteiger partial charge in [-0.2, -0.15) is 9.61 Å². The molecule has 1 N–H and O–H groups in total. The number of hydrogen-bond donors (Lipinski definition) is 1. The first kappa shape index (κ1) is 19.8. The predicted molar refractivity (Wildman–Crippen MR) is 130 cm³/mol. The lowest BCUT2D eigenvalue weighted by Gasteiger charge is -2.09. The Morgan fingerprint density at radius 3 is 2.53 bits per heavy atom. The molecule has 8 heteroatoms. The van der Waals surface area contributed by atoms with Gasteiger partial charge in [-0.1, -0.05) is 36.4 Å². The molecule has 0 aliphatic heterocycles. The molecule has 4 heterocycles. The van der Waals surface area contributed by atoms with E-state index in [-0.39, 0.29) is 12.5 Å². The first-order valence-electron chi connectivity index (χ1n) is 10.8. The molecule has 6 rings (SSSR count). The number of nitrogens with zero attached hydrogens (tertiary/aromatic N) is 6. The SMILES string of the molecule is O=C(Cn1ccc2ccccc21)Nc1ccc(-c2ccc3nnc(-c4ccccn4)n3n2)cc1. The van der Waals surface area contributed by atoms with E-state index in [1.807, 2.05) is 95.7 Å². The summed E-state index contributed by atoms with van der Waals surface area (Å²) in [5, 5.41) is 17.2. The quantitative estimate of drug-likeness (QED) is 0.424. The van der Waals surface area contributed by atoms with Crippen LogP contribution in [-0.2, 0) is 11.3 Å². The highest BCUT2D eigenvalue weighted by atomic mass is 16.1. The van der Waals surface area contributed by atoms with Crippen LogP contribution in [0.4, 0.5) is 5.69 Å². The number of rotatable bonds is 5. The minimum absolute atomic E-state index is 0.0851. The van der Waals surface area contributed by atoms with Gasteiger partial charge >= 0.3 is 0 Å². The van der Waals surface area contributed by atoms with Gasteiger partial charge in [0.2, 0.25) is 11.7 Å². The molecule has 0 unspecified atom stereocenters. The third-order valence-corrected chi connectivity index (χ3v) is 5.62. The second kappa shape index (κ2) is 8.25. The summed E-state index contributed by atoms with van der Waals surface area (Å²) < 4.78 is 3.63. The number of amides is 1. The topological polar surface area (TPSA) is 90.0 Å². The van der Waals surface area contributed by atoms with Gasteiger partial charge < -0.3 is 9.88 Å². The largest absolute Gasteiger partial charge is 0.338 e. The number of para-hydroxylation sites is 1. The van der Waals surface area contributed by atoms with Crippen molar-refractivity contribution in [3.8, 4) is 22.8 Å². The Balaban J connectivity index is 1.21. The first-order chi connectivity index (χ1) is 16.7. The van der Waals surface area contributed by atoms with Gasteiger partial charge in [0.05, 0.1) is 5.69 Å². The smallest absolute Gasteiger partial charge is 0.244 e. The van der Waals surface area contributed by atoms with E-state index in [9.17, 15) is 4.79 Å². The highest BCUT2D eigenvalue weighted by Gasteiger charge is 2.12. The lowest BCUT2D eigenvalue weighted by atomic mass is 10.1. The van der Waals surface area contributed by atoms with Crippen LogP contribution >= 0.6 is 0 Å². The van der Waals surface area contributed by atoms with Gasteiger partial charge in [0.15, 0.2) is 5.65 Å². The Hall–Kier alpha value is -4.85. The molecule has 0 saturated carbocycles. The number of nitrogens with one attached hydrogen (secondary N) is 1. The third-order valence-electron chi connectivity index (χ3n) is 5.62. The number of aromatic nitrogens is 6. The van der Waals surface area contributed by atoms with Crippen LogP contribution in [0.3, 0.4) is 0 Å². The molecule has 164 valence electrons. The molecule has 0 atom stereocenters. The van der Waals surface area contributed by atoms with E-state index in [2.05, 4.69) is 20.5 Å². The molecular weight excluding hydrogens is 426 g/mol. The maximum atomic E-state index is 12.6. The van der Waals surface area contributed by atoms with Gasteiger partial charge in [-0.3, -0.25) is 9.78 Å². The second-order valence-electron chi connectivity index (χ2n) is 7.86. The molecule has 34 heavy (non-hydrogen) atoms. The van der Waals surface area contributed by atoms with Crippen LogP contribution in [-0.4, -0.2) is 35.3 Å². The van der Waals surface area contributed by atoms with E-state index in [1.165, 1.54) is 0 Å². The zero-order valence-electron chi connectivity index (χ0n) is 18.0. The average Bonchev–Trinajstić information content (AvgIpc) is 3.49. The van der Waals surface area contributed by atoms with Crippen LogP contribution in [0.2, 0.25) is 0 Å². The van der Waals surface area contributed by atoms with Gasteiger partial charge in [-0.05, 0) is 53.9 Å². The molecule has 0 aliphatic carbocycles. The summed E-state index contributed by atoms with van der Waals surface area (Å²) in [6.45, 7) is 0.247. The van der Waals surface area contributed by atoms with E-state index in [4.69, 9.17) is 5.10 Å². The van der Waals surface area contributed by atoms with Crippen molar-refractivity contribution >= 4 is 28.1 Å². The Morgan fingerprint density at radius 2 is 1.68 bits per heavy atom. The minimum atomic E-state index is -0.0851. The number of carbonyl (C=O) groups is 1. The summed E-state index contributed by atoms with van der Waals surface area (Å²) >= 11 is 0. The van der Waals surface area contributed by atoms with E-state index in [0.717, 1.165) is 27.8 Å². The van der Waals surface area contributed by atoms with Crippen molar-refractivity contribution in [2.75, 3.05) is 5.32 Å². The summed E-state index contributed by atoms with van der Waals surface area (Å²) in [7, 11) is 0. The molecule has 0 spiro atoms.